The third-order valence-corrected chi connectivity index (χ3v) is 1.92. The molecule has 1 aromatic rings. The van der Waals surface area contributed by atoms with Crippen molar-refractivity contribution < 1.29 is 9.18 Å². The standard InChI is InChI=1S/C11H12FNO/c1-3-6-13(2)11-5-4-9(8-14)7-10(11)12/h3-5,7-8H,1,6H2,2H3. The number of nitrogens with zero attached hydrogens (tertiary/aromatic N) is 1. The Bertz CT molecular complexity index is 349. The van der Waals surface area contributed by atoms with Crippen molar-refractivity contribution in [1.29, 1.82) is 0 Å². The van der Waals surface area contributed by atoms with Crippen LogP contribution in [0.4, 0.5) is 10.1 Å². The molecule has 0 unspecified atom stereocenters. The van der Waals surface area contributed by atoms with E-state index in [1.54, 1.807) is 30.2 Å². The highest BCUT2D eigenvalue weighted by Gasteiger charge is 2.06. The molecule has 0 aromatic heterocycles. The molecular formula is C11H12FNO. The number of rotatable bonds is 4. The largest absolute Gasteiger partial charge is 0.369 e. The number of carbonyl (C=O) groups excluding carboxylic acids is 1. The van der Waals surface area contributed by atoms with Gasteiger partial charge in [0.15, 0.2) is 0 Å². The summed E-state index contributed by atoms with van der Waals surface area (Å²) < 4.78 is 13.4. The molecule has 0 bridgehead atoms. The first-order valence-electron chi connectivity index (χ1n) is 4.25. The molecule has 1 aromatic carbocycles. The number of benzene rings is 1. The lowest BCUT2D eigenvalue weighted by molar-refractivity contribution is 0.112. The van der Waals surface area contributed by atoms with Crippen molar-refractivity contribution in [3.8, 4) is 0 Å². The second-order valence-corrected chi connectivity index (χ2v) is 3.00. The van der Waals surface area contributed by atoms with Gasteiger partial charge in [0.25, 0.3) is 0 Å². The van der Waals surface area contributed by atoms with Gasteiger partial charge in [-0.2, -0.15) is 0 Å². The van der Waals surface area contributed by atoms with E-state index in [1.165, 1.54) is 6.07 Å². The molecule has 0 atom stereocenters. The van der Waals surface area contributed by atoms with E-state index in [1.807, 2.05) is 0 Å². The average Bonchev–Trinajstić information content (AvgIpc) is 2.17. The summed E-state index contributed by atoms with van der Waals surface area (Å²) in [6.45, 7) is 4.14. The molecule has 2 nitrogen and oxygen atoms in total. The summed E-state index contributed by atoms with van der Waals surface area (Å²) in [6.07, 6.45) is 2.31. The van der Waals surface area contributed by atoms with Gasteiger partial charge >= 0.3 is 0 Å². The Morgan fingerprint density at radius 2 is 2.29 bits per heavy atom. The van der Waals surface area contributed by atoms with Gasteiger partial charge in [-0.15, -0.1) is 6.58 Å². The number of likely N-dealkylation sites (N-methyl/N-ethyl adjacent to an activating group) is 1. The van der Waals surface area contributed by atoms with Gasteiger partial charge < -0.3 is 4.90 Å². The van der Waals surface area contributed by atoms with E-state index in [0.717, 1.165) is 0 Å². The van der Waals surface area contributed by atoms with Crippen molar-refractivity contribution in [2.24, 2.45) is 0 Å². The summed E-state index contributed by atoms with van der Waals surface area (Å²) in [6, 6.07) is 4.40. The van der Waals surface area contributed by atoms with E-state index in [2.05, 4.69) is 6.58 Å². The fourth-order valence-corrected chi connectivity index (χ4v) is 1.20. The van der Waals surface area contributed by atoms with Crippen molar-refractivity contribution in [2.75, 3.05) is 18.5 Å². The summed E-state index contributed by atoms with van der Waals surface area (Å²) in [5.41, 5.74) is 0.814. The Kier molecular flexibility index (Phi) is 3.40. The minimum atomic E-state index is -0.390. The highest BCUT2D eigenvalue weighted by atomic mass is 19.1. The molecule has 0 fully saturated rings. The first kappa shape index (κ1) is 10.4. The Labute approximate surface area is 82.7 Å². The van der Waals surface area contributed by atoms with Crippen LogP contribution in [0.2, 0.25) is 0 Å². The zero-order chi connectivity index (χ0) is 10.6. The topological polar surface area (TPSA) is 20.3 Å². The van der Waals surface area contributed by atoms with Crippen LogP contribution in [0.3, 0.4) is 0 Å². The van der Waals surface area contributed by atoms with E-state index >= 15 is 0 Å². The Morgan fingerprint density at radius 3 is 2.79 bits per heavy atom. The lowest BCUT2D eigenvalue weighted by Gasteiger charge is -2.17. The van der Waals surface area contributed by atoms with E-state index in [9.17, 15) is 9.18 Å². The van der Waals surface area contributed by atoms with Crippen LogP contribution in [0.25, 0.3) is 0 Å². The minimum Gasteiger partial charge on any atom is -0.369 e. The molecule has 3 heteroatoms. The Hall–Kier alpha value is -1.64. The van der Waals surface area contributed by atoms with Gasteiger partial charge in [-0.25, -0.2) is 4.39 Å². The number of anilines is 1. The van der Waals surface area contributed by atoms with E-state index in [0.29, 0.717) is 24.1 Å². The molecule has 0 saturated carbocycles. The summed E-state index contributed by atoms with van der Waals surface area (Å²) in [4.78, 5) is 12.1. The minimum absolute atomic E-state index is 0.346. The normalized spacial score (nSPS) is 9.57. The van der Waals surface area contributed by atoms with Gasteiger partial charge in [0.1, 0.15) is 12.1 Å². The molecule has 14 heavy (non-hydrogen) atoms. The predicted octanol–water partition coefficient (Wildman–Crippen LogP) is 2.26. The lowest BCUT2D eigenvalue weighted by Crippen LogP contribution is -2.17. The lowest BCUT2D eigenvalue weighted by atomic mass is 10.2. The van der Waals surface area contributed by atoms with Crippen molar-refractivity contribution in [2.45, 2.75) is 0 Å². The molecule has 0 aliphatic carbocycles. The Morgan fingerprint density at radius 1 is 1.57 bits per heavy atom. The summed E-state index contributed by atoms with van der Waals surface area (Å²) in [5, 5.41) is 0. The molecular weight excluding hydrogens is 181 g/mol. The first-order valence-corrected chi connectivity index (χ1v) is 4.25. The Balaban J connectivity index is 2.98. The number of halogens is 1. The fraction of sp³-hybridized carbons (Fsp3) is 0.182. The average molecular weight is 193 g/mol. The molecule has 74 valence electrons. The van der Waals surface area contributed by atoms with Crippen LogP contribution in [0, 0.1) is 5.82 Å². The number of hydrogen-bond donors (Lipinski definition) is 0. The highest BCUT2D eigenvalue weighted by Crippen LogP contribution is 2.18. The van der Waals surface area contributed by atoms with Gasteiger partial charge in [0.05, 0.1) is 5.69 Å². The third kappa shape index (κ3) is 2.19. The van der Waals surface area contributed by atoms with Crippen molar-refractivity contribution >= 4 is 12.0 Å². The quantitative estimate of drug-likeness (QED) is 0.540. The maximum atomic E-state index is 13.4. The number of hydrogen-bond acceptors (Lipinski definition) is 2. The van der Waals surface area contributed by atoms with E-state index in [4.69, 9.17) is 0 Å². The third-order valence-electron chi connectivity index (χ3n) is 1.92. The monoisotopic (exact) mass is 193 g/mol. The number of aldehydes is 1. The SMILES string of the molecule is C=CCN(C)c1ccc(C=O)cc1F. The zero-order valence-corrected chi connectivity index (χ0v) is 8.03. The molecule has 0 aliphatic heterocycles. The van der Waals surface area contributed by atoms with Crippen LogP contribution in [-0.2, 0) is 0 Å². The second kappa shape index (κ2) is 4.56. The van der Waals surface area contributed by atoms with Crippen LogP contribution in [0.5, 0.6) is 0 Å². The van der Waals surface area contributed by atoms with E-state index < -0.39 is 0 Å². The van der Waals surface area contributed by atoms with Crippen molar-refractivity contribution in [3.05, 3.63) is 42.2 Å². The molecule has 0 N–H and O–H groups in total. The van der Waals surface area contributed by atoms with Crippen LogP contribution in [0.15, 0.2) is 30.9 Å². The van der Waals surface area contributed by atoms with Gasteiger partial charge in [0, 0.05) is 19.2 Å². The van der Waals surface area contributed by atoms with Crippen LogP contribution in [0.1, 0.15) is 10.4 Å². The second-order valence-electron chi connectivity index (χ2n) is 3.00. The summed E-state index contributed by atoms with van der Waals surface area (Å²) in [5.74, 6) is -0.390. The zero-order valence-electron chi connectivity index (χ0n) is 8.03. The van der Waals surface area contributed by atoms with Gasteiger partial charge in [-0.1, -0.05) is 6.08 Å². The van der Waals surface area contributed by atoms with Crippen LogP contribution in [-0.4, -0.2) is 19.9 Å². The molecule has 0 aliphatic rings. The fourth-order valence-electron chi connectivity index (χ4n) is 1.20. The maximum absolute atomic E-state index is 13.4. The van der Waals surface area contributed by atoms with Crippen molar-refractivity contribution in [3.63, 3.8) is 0 Å². The van der Waals surface area contributed by atoms with E-state index in [-0.39, 0.29) is 5.82 Å². The summed E-state index contributed by atoms with van der Waals surface area (Å²) >= 11 is 0. The summed E-state index contributed by atoms with van der Waals surface area (Å²) in [7, 11) is 1.76. The van der Waals surface area contributed by atoms with Crippen molar-refractivity contribution in [1.82, 2.24) is 0 Å². The molecule has 0 saturated heterocycles. The van der Waals surface area contributed by atoms with Gasteiger partial charge in [-0.05, 0) is 18.2 Å². The molecule has 0 spiro atoms. The maximum Gasteiger partial charge on any atom is 0.150 e. The predicted molar refractivity (Wildman–Crippen MR) is 55.3 cm³/mol. The van der Waals surface area contributed by atoms with Gasteiger partial charge in [0.2, 0.25) is 0 Å². The molecule has 0 radical (unpaired) electrons. The molecule has 1 rings (SSSR count). The first-order chi connectivity index (χ1) is 6.69. The van der Waals surface area contributed by atoms with Crippen LogP contribution >= 0.6 is 0 Å². The smallest absolute Gasteiger partial charge is 0.150 e. The number of carbonyl (C=O) groups is 1. The molecule has 0 heterocycles. The molecule has 0 amide bonds. The van der Waals surface area contributed by atoms with Crippen LogP contribution < -0.4 is 4.90 Å². The van der Waals surface area contributed by atoms with Gasteiger partial charge in [-0.3, -0.25) is 4.79 Å². The highest BCUT2D eigenvalue weighted by molar-refractivity contribution is 5.75.